The maximum Gasteiger partial charge on any atom is 0.337 e. The highest BCUT2D eigenvalue weighted by Crippen LogP contribution is 2.57. The number of aliphatic carboxylic acids is 1. The number of hydrogen-bond acceptors (Lipinski definition) is 6. The Balaban J connectivity index is 2.59. The molecule has 8 nitrogen and oxygen atoms in total. The fraction of sp³-hybridized carbons (Fsp3) is 0.130. The minimum absolute atomic E-state index is 0.114. The van der Waals surface area contributed by atoms with Crippen molar-refractivity contribution in [1.29, 1.82) is 0 Å². The maximum atomic E-state index is 13.1. The van der Waals surface area contributed by atoms with E-state index in [1.165, 1.54) is 37.3 Å². The zero-order valence-electron chi connectivity index (χ0n) is 17.1. The Kier molecular flexibility index (Phi) is 6.21. The molecule has 0 aromatic heterocycles. The molecule has 33 heavy (non-hydrogen) atoms. The molecule has 10 heteroatoms. The smallest absolute Gasteiger partial charge is 0.337 e. The lowest BCUT2D eigenvalue weighted by Crippen LogP contribution is -2.62. The van der Waals surface area contributed by atoms with Crippen molar-refractivity contribution in [1.82, 2.24) is 0 Å². The molecule has 6 N–H and O–H groups in total. The SMILES string of the molecule is CC1=CC(C(=O)Cl)=C(c2ccc(N)c(C(=O)O)c2)C(C(=O)O)(C(=O)Cl)C1(N)c1ccccc1. The third-order valence-corrected chi connectivity index (χ3v) is 6.33. The number of carboxylic acids is 2. The van der Waals surface area contributed by atoms with Crippen LogP contribution in [0, 0.1) is 5.41 Å². The van der Waals surface area contributed by atoms with Crippen molar-refractivity contribution in [3.63, 3.8) is 0 Å². The van der Waals surface area contributed by atoms with E-state index in [0.29, 0.717) is 0 Å². The molecule has 0 saturated carbocycles. The summed E-state index contributed by atoms with van der Waals surface area (Å²) in [6, 6.07) is 11.4. The van der Waals surface area contributed by atoms with Crippen LogP contribution >= 0.6 is 23.2 Å². The molecular weight excluding hydrogens is 471 g/mol. The van der Waals surface area contributed by atoms with E-state index < -0.39 is 39.0 Å². The van der Waals surface area contributed by atoms with Crippen molar-refractivity contribution in [3.05, 3.63) is 82.4 Å². The second kappa shape index (κ2) is 8.47. The number of carbonyl (C=O) groups is 4. The maximum absolute atomic E-state index is 13.1. The highest BCUT2D eigenvalue weighted by atomic mass is 35.5. The largest absolute Gasteiger partial charge is 0.480 e. The van der Waals surface area contributed by atoms with Gasteiger partial charge in [-0.15, -0.1) is 0 Å². The van der Waals surface area contributed by atoms with E-state index in [0.717, 1.165) is 6.07 Å². The molecule has 1 aliphatic carbocycles. The summed E-state index contributed by atoms with van der Waals surface area (Å²) in [4.78, 5) is 50.1. The first kappa shape index (κ1) is 24.2. The molecule has 2 unspecified atom stereocenters. The molecule has 2 aromatic rings. The van der Waals surface area contributed by atoms with Crippen LogP contribution in [0.25, 0.3) is 5.57 Å². The fourth-order valence-electron chi connectivity index (χ4n) is 4.28. The Morgan fingerprint density at radius 2 is 1.58 bits per heavy atom. The van der Waals surface area contributed by atoms with Gasteiger partial charge in [-0.2, -0.15) is 0 Å². The Bertz CT molecular complexity index is 1250. The van der Waals surface area contributed by atoms with Crippen LogP contribution in [0.1, 0.15) is 28.4 Å². The second-order valence-electron chi connectivity index (χ2n) is 7.50. The summed E-state index contributed by atoms with van der Waals surface area (Å²) in [6.07, 6.45) is 1.27. The van der Waals surface area contributed by atoms with Gasteiger partial charge in [-0.25, -0.2) is 4.79 Å². The molecule has 0 bridgehead atoms. The number of aromatic carboxylic acids is 1. The Morgan fingerprint density at radius 3 is 2.06 bits per heavy atom. The van der Waals surface area contributed by atoms with E-state index in [1.807, 2.05) is 0 Å². The number of nitrogen functional groups attached to an aromatic ring is 1. The van der Waals surface area contributed by atoms with Crippen LogP contribution < -0.4 is 11.5 Å². The van der Waals surface area contributed by atoms with Gasteiger partial charge in [0.25, 0.3) is 5.24 Å². The molecule has 0 aliphatic heterocycles. The zero-order chi connectivity index (χ0) is 24.7. The number of allylic oxidation sites excluding steroid dienone is 2. The third-order valence-electron chi connectivity index (χ3n) is 5.85. The Labute approximate surface area is 198 Å². The minimum Gasteiger partial charge on any atom is -0.480 e. The molecule has 0 spiro atoms. The molecule has 0 radical (unpaired) electrons. The quantitative estimate of drug-likeness (QED) is 0.273. The summed E-state index contributed by atoms with van der Waals surface area (Å²) in [5, 5.41) is 17.5. The van der Waals surface area contributed by atoms with Gasteiger partial charge in [0, 0.05) is 16.8 Å². The minimum atomic E-state index is -2.75. The predicted octanol–water partition coefficient (Wildman–Crippen LogP) is 3.14. The number of anilines is 1. The van der Waals surface area contributed by atoms with Crippen LogP contribution in [-0.2, 0) is 19.9 Å². The van der Waals surface area contributed by atoms with Crippen LogP contribution in [0.15, 0.2) is 65.8 Å². The first-order valence-electron chi connectivity index (χ1n) is 9.45. The average Bonchev–Trinajstić information content (AvgIpc) is 2.75. The van der Waals surface area contributed by atoms with E-state index >= 15 is 0 Å². The van der Waals surface area contributed by atoms with Gasteiger partial charge in [-0.3, -0.25) is 14.4 Å². The molecular formula is C23H18Cl2N2O6. The van der Waals surface area contributed by atoms with Gasteiger partial charge in [0.05, 0.1) is 11.1 Å². The summed E-state index contributed by atoms with van der Waals surface area (Å²) < 4.78 is 0. The molecule has 1 aliphatic rings. The van der Waals surface area contributed by atoms with Crippen molar-refractivity contribution >= 4 is 56.9 Å². The Hall–Kier alpha value is -3.46. The predicted molar refractivity (Wildman–Crippen MR) is 123 cm³/mol. The van der Waals surface area contributed by atoms with Gasteiger partial charge >= 0.3 is 11.9 Å². The fourth-order valence-corrected chi connectivity index (χ4v) is 4.75. The van der Waals surface area contributed by atoms with Crippen LogP contribution in [0.3, 0.4) is 0 Å². The van der Waals surface area contributed by atoms with Crippen molar-refractivity contribution in [3.8, 4) is 0 Å². The van der Waals surface area contributed by atoms with Gasteiger partial charge in [-0.05, 0) is 65.0 Å². The highest BCUT2D eigenvalue weighted by molar-refractivity contribution is 6.70. The molecule has 3 rings (SSSR count). The number of hydrogen-bond donors (Lipinski definition) is 4. The lowest BCUT2D eigenvalue weighted by Gasteiger charge is -2.48. The van der Waals surface area contributed by atoms with Crippen LogP contribution in [0.2, 0.25) is 0 Å². The molecule has 0 fully saturated rings. The molecule has 170 valence electrons. The van der Waals surface area contributed by atoms with Crippen molar-refractivity contribution in [2.24, 2.45) is 11.1 Å². The number of carbonyl (C=O) groups excluding carboxylic acids is 2. The van der Waals surface area contributed by atoms with Gasteiger partial charge in [0.2, 0.25) is 5.24 Å². The third kappa shape index (κ3) is 3.43. The zero-order valence-corrected chi connectivity index (χ0v) is 18.6. The van der Waals surface area contributed by atoms with Gasteiger partial charge in [0.1, 0.15) is 0 Å². The Morgan fingerprint density at radius 1 is 0.970 bits per heavy atom. The van der Waals surface area contributed by atoms with Crippen molar-refractivity contribution in [2.75, 3.05) is 5.73 Å². The summed E-state index contributed by atoms with van der Waals surface area (Å²) in [6.45, 7) is 1.45. The monoisotopic (exact) mass is 488 g/mol. The molecule has 2 atom stereocenters. The summed E-state index contributed by atoms with van der Waals surface area (Å²) in [5.41, 5.74) is 6.61. The molecule has 0 amide bonds. The van der Waals surface area contributed by atoms with Gasteiger partial charge in [-0.1, -0.05) is 36.4 Å². The van der Waals surface area contributed by atoms with E-state index in [1.54, 1.807) is 18.2 Å². The van der Waals surface area contributed by atoms with Gasteiger partial charge in [0.15, 0.2) is 5.41 Å². The standard InChI is InChI=1S/C23H18Cl2N2O6/c1-11-9-15(18(24)28)17(12-7-8-16(26)14(10-12)19(29)30)22(20(25)31,21(32)33)23(11,27)13-5-3-2-4-6-13/h2-10H,26-27H2,1H3,(H,29,30)(H,32,33). The number of nitrogens with two attached hydrogens (primary N) is 2. The number of halogens is 2. The number of carboxylic acid groups (broad SMARTS) is 2. The first-order chi connectivity index (χ1) is 15.4. The summed E-state index contributed by atoms with van der Waals surface area (Å²) in [7, 11) is 0. The molecule has 0 heterocycles. The van der Waals surface area contributed by atoms with E-state index in [4.69, 9.17) is 34.7 Å². The van der Waals surface area contributed by atoms with E-state index in [-0.39, 0.29) is 33.5 Å². The number of rotatable bonds is 6. The summed E-state index contributed by atoms with van der Waals surface area (Å²) in [5.74, 6) is -3.16. The van der Waals surface area contributed by atoms with Crippen LogP contribution in [0.4, 0.5) is 5.69 Å². The topological polar surface area (TPSA) is 161 Å². The van der Waals surface area contributed by atoms with Gasteiger partial charge < -0.3 is 21.7 Å². The summed E-state index contributed by atoms with van der Waals surface area (Å²) >= 11 is 11.8. The van der Waals surface area contributed by atoms with E-state index in [9.17, 15) is 29.4 Å². The molecule has 2 aromatic carbocycles. The van der Waals surface area contributed by atoms with Crippen LogP contribution in [0.5, 0.6) is 0 Å². The van der Waals surface area contributed by atoms with Crippen molar-refractivity contribution < 1.29 is 29.4 Å². The highest BCUT2D eigenvalue weighted by Gasteiger charge is 2.66. The second-order valence-corrected chi connectivity index (χ2v) is 8.19. The lowest BCUT2D eigenvalue weighted by molar-refractivity contribution is -0.152. The average molecular weight is 489 g/mol. The molecule has 0 saturated heterocycles. The number of benzene rings is 2. The van der Waals surface area contributed by atoms with Crippen molar-refractivity contribution in [2.45, 2.75) is 12.5 Å². The van der Waals surface area contributed by atoms with E-state index in [2.05, 4.69) is 0 Å². The first-order valence-corrected chi connectivity index (χ1v) is 10.2. The normalized spacial score (nSPS) is 22.5. The van der Waals surface area contributed by atoms with Crippen LogP contribution in [-0.4, -0.2) is 32.6 Å². The lowest BCUT2D eigenvalue weighted by atomic mass is 9.55.